The monoisotopic (exact) mass is 436 g/mol. The van der Waals surface area contributed by atoms with E-state index in [4.69, 9.17) is 9.51 Å². The quantitative estimate of drug-likeness (QED) is 0.634. The highest BCUT2D eigenvalue weighted by molar-refractivity contribution is 5.78. The van der Waals surface area contributed by atoms with E-state index in [1.54, 1.807) is 0 Å². The molecule has 2 aromatic rings. The van der Waals surface area contributed by atoms with Crippen molar-refractivity contribution < 1.29 is 9.32 Å². The first-order valence-electron chi connectivity index (χ1n) is 12.6. The van der Waals surface area contributed by atoms with Gasteiger partial charge in [-0.1, -0.05) is 54.2 Å². The number of piperidine rings is 1. The van der Waals surface area contributed by atoms with E-state index in [1.807, 2.05) is 4.90 Å². The zero-order valence-corrected chi connectivity index (χ0v) is 19.4. The molecule has 0 unspecified atom stereocenters. The lowest BCUT2D eigenvalue weighted by atomic mass is 9.78. The third kappa shape index (κ3) is 4.34. The molecule has 32 heavy (non-hydrogen) atoms. The highest BCUT2D eigenvalue weighted by atomic mass is 16.5. The Hall–Kier alpha value is -2.21. The van der Waals surface area contributed by atoms with Crippen molar-refractivity contribution in [2.75, 3.05) is 19.6 Å². The molecular formula is C26H36N4O2. The van der Waals surface area contributed by atoms with Gasteiger partial charge in [-0.25, -0.2) is 0 Å². The largest absolute Gasteiger partial charge is 0.343 e. The number of aryl methyl sites for hydroxylation is 1. The number of nitrogens with zero attached hydrogens (tertiary/aromatic N) is 4. The Bertz CT molecular complexity index is 916. The Morgan fingerprint density at radius 2 is 1.88 bits per heavy atom. The molecule has 3 fully saturated rings. The van der Waals surface area contributed by atoms with E-state index in [0.29, 0.717) is 11.9 Å². The van der Waals surface area contributed by atoms with Gasteiger partial charge in [0.05, 0.1) is 12.0 Å². The Morgan fingerprint density at radius 3 is 2.62 bits per heavy atom. The summed E-state index contributed by atoms with van der Waals surface area (Å²) >= 11 is 0. The summed E-state index contributed by atoms with van der Waals surface area (Å²) in [4.78, 5) is 21.5. The summed E-state index contributed by atoms with van der Waals surface area (Å²) < 4.78 is 5.83. The third-order valence-corrected chi connectivity index (χ3v) is 7.95. The number of benzene rings is 1. The van der Waals surface area contributed by atoms with Crippen LogP contribution in [0.5, 0.6) is 0 Å². The maximum atomic E-state index is 12.0. The number of hydrogen-bond acceptors (Lipinski definition) is 5. The van der Waals surface area contributed by atoms with Crippen LogP contribution < -0.4 is 0 Å². The first-order chi connectivity index (χ1) is 15.6. The Kier molecular flexibility index (Phi) is 6.31. The molecule has 1 aliphatic carbocycles. The summed E-state index contributed by atoms with van der Waals surface area (Å²) in [5.41, 5.74) is 2.49. The second-order valence-electron chi connectivity index (χ2n) is 10.1. The molecule has 172 valence electrons. The van der Waals surface area contributed by atoms with Gasteiger partial charge in [0.15, 0.2) is 5.82 Å². The van der Waals surface area contributed by atoms with Gasteiger partial charge in [-0.05, 0) is 57.6 Å². The van der Waals surface area contributed by atoms with Crippen molar-refractivity contribution in [3.05, 3.63) is 47.1 Å². The van der Waals surface area contributed by atoms with E-state index < -0.39 is 0 Å². The second-order valence-corrected chi connectivity index (χ2v) is 10.1. The molecule has 1 aromatic heterocycles. The molecule has 1 aromatic carbocycles. The first kappa shape index (κ1) is 21.6. The van der Waals surface area contributed by atoms with E-state index in [1.165, 1.54) is 43.2 Å². The maximum absolute atomic E-state index is 12.0. The van der Waals surface area contributed by atoms with Crippen molar-refractivity contribution in [3.8, 4) is 0 Å². The number of amides is 1. The Labute approximate surface area is 191 Å². The Balaban J connectivity index is 1.29. The number of likely N-dealkylation sites (tertiary alicyclic amines) is 2. The summed E-state index contributed by atoms with van der Waals surface area (Å²) in [6, 6.07) is 9.37. The Morgan fingerprint density at radius 1 is 1.06 bits per heavy atom. The summed E-state index contributed by atoms with van der Waals surface area (Å²) in [5, 5.41) is 4.51. The molecule has 0 N–H and O–H groups in total. The van der Waals surface area contributed by atoms with E-state index >= 15 is 0 Å². The van der Waals surface area contributed by atoms with Crippen molar-refractivity contribution in [2.24, 2.45) is 0 Å². The predicted octanol–water partition coefficient (Wildman–Crippen LogP) is 4.61. The minimum atomic E-state index is -0.104. The van der Waals surface area contributed by atoms with Crippen molar-refractivity contribution in [1.29, 1.82) is 0 Å². The van der Waals surface area contributed by atoms with Gasteiger partial charge in [0, 0.05) is 25.6 Å². The first-order valence-corrected chi connectivity index (χ1v) is 12.6. The fourth-order valence-electron chi connectivity index (χ4n) is 6.02. The van der Waals surface area contributed by atoms with E-state index in [2.05, 4.69) is 41.2 Å². The summed E-state index contributed by atoms with van der Waals surface area (Å²) in [6.45, 7) is 5.73. The van der Waals surface area contributed by atoms with Crippen LogP contribution in [0.3, 0.4) is 0 Å². The summed E-state index contributed by atoms with van der Waals surface area (Å²) in [7, 11) is 0. The molecular weight excluding hydrogens is 400 g/mol. The van der Waals surface area contributed by atoms with Crippen LogP contribution in [0.15, 0.2) is 28.8 Å². The molecule has 2 aliphatic heterocycles. The summed E-state index contributed by atoms with van der Waals surface area (Å²) in [5.74, 6) is 1.93. The molecule has 1 atom stereocenters. The van der Waals surface area contributed by atoms with Crippen LogP contribution in [-0.2, 0) is 16.8 Å². The average molecular weight is 437 g/mol. The number of aromatic nitrogens is 2. The van der Waals surface area contributed by atoms with Crippen LogP contribution >= 0.6 is 0 Å². The normalized spacial score (nSPS) is 23.8. The lowest BCUT2D eigenvalue weighted by molar-refractivity contribution is -0.127. The lowest BCUT2D eigenvalue weighted by Gasteiger charge is -2.35. The molecule has 0 bridgehead atoms. The third-order valence-electron chi connectivity index (χ3n) is 7.95. The molecule has 2 saturated heterocycles. The minimum Gasteiger partial charge on any atom is -0.343 e. The van der Waals surface area contributed by atoms with Gasteiger partial charge in [-0.3, -0.25) is 9.69 Å². The molecule has 0 radical (unpaired) electrons. The highest BCUT2D eigenvalue weighted by Gasteiger charge is 2.41. The van der Waals surface area contributed by atoms with Crippen molar-refractivity contribution in [3.63, 3.8) is 0 Å². The molecule has 1 saturated carbocycles. The number of rotatable bonds is 7. The van der Waals surface area contributed by atoms with E-state index in [9.17, 15) is 4.79 Å². The van der Waals surface area contributed by atoms with Gasteiger partial charge in [0.1, 0.15) is 0 Å². The van der Waals surface area contributed by atoms with E-state index in [0.717, 1.165) is 70.0 Å². The van der Waals surface area contributed by atoms with Gasteiger partial charge in [0.25, 0.3) is 0 Å². The zero-order chi connectivity index (χ0) is 22.0. The van der Waals surface area contributed by atoms with Crippen molar-refractivity contribution >= 4 is 5.91 Å². The average Bonchev–Trinajstić information content (AvgIpc) is 3.55. The van der Waals surface area contributed by atoms with Crippen LogP contribution in [0.4, 0.5) is 0 Å². The molecule has 6 nitrogen and oxygen atoms in total. The van der Waals surface area contributed by atoms with Crippen LogP contribution in [-0.4, -0.2) is 51.5 Å². The van der Waals surface area contributed by atoms with E-state index in [-0.39, 0.29) is 5.41 Å². The fourth-order valence-corrected chi connectivity index (χ4v) is 6.02. The lowest BCUT2D eigenvalue weighted by Crippen LogP contribution is -2.41. The molecule has 3 heterocycles. The maximum Gasteiger partial charge on any atom is 0.240 e. The number of carbonyl (C=O) groups is 1. The van der Waals surface area contributed by atoms with Gasteiger partial charge in [-0.2, -0.15) is 4.98 Å². The predicted molar refractivity (Wildman–Crippen MR) is 123 cm³/mol. The zero-order valence-electron chi connectivity index (χ0n) is 19.4. The van der Waals surface area contributed by atoms with Gasteiger partial charge in [-0.15, -0.1) is 0 Å². The SMILES string of the molecule is Cc1ccc(C2(c3noc(CN4CCCC[C@H]4CCN4CCCC4=O)n3)CCCC2)cc1. The number of carbonyl (C=O) groups excluding carboxylic acids is 1. The molecule has 6 heteroatoms. The second kappa shape index (κ2) is 9.34. The van der Waals surface area contributed by atoms with Crippen molar-refractivity contribution in [2.45, 2.75) is 89.1 Å². The smallest absolute Gasteiger partial charge is 0.240 e. The number of hydrogen-bond donors (Lipinski definition) is 0. The molecule has 1 amide bonds. The topological polar surface area (TPSA) is 62.5 Å². The van der Waals surface area contributed by atoms with Crippen LogP contribution in [0.25, 0.3) is 0 Å². The van der Waals surface area contributed by atoms with Crippen LogP contribution in [0.2, 0.25) is 0 Å². The summed E-state index contributed by atoms with van der Waals surface area (Å²) in [6.07, 6.45) is 11.0. The van der Waals surface area contributed by atoms with Crippen LogP contribution in [0.1, 0.15) is 87.1 Å². The van der Waals surface area contributed by atoms with Gasteiger partial charge >= 0.3 is 0 Å². The van der Waals surface area contributed by atoms with Crippen LogP contribution in [0, 0.1) is 6.92 Å². The van der Waals surface area contributed by atoms with Crippen molar-refractivity contribution in [1.82, 2.24) is 19.9 Å². The molecule has 5 rings (SSSR count). The van der Waals surface area contributed by atoms with Gasteiger partial charge < -0.3 is 9.42 Å². The molecule has 0 spiro atoms. The standard InChI is InChI=1S/C26H36N4O2/c1-20-9-11-21(12-10-20)26(14-3-4-15-26)25-27-23(32-28-25)19-30-16-5-2-7-22(30)13-18-29-17-6-8-24(29)31/h9-12,22H,2-8,13-19H2,1H3/t22-/m0/s1. The fraction of sp³-hybridized carbons (Fsp3) is 0.654. The minimum absolute atomic E-state index is 0.104. The van der Waals surface area contributed by atoms with Gasteiger partial charge in [0.2, 0.25) is 11.8 Å². The molecule has 3 aliphatic rings. The highest BCUT2D eigenvalue weighted by Crippen LogP contribution is 2.45.